The number of amides is 2. The number of aromatic nitrogens is 2. The fourth-order valence-corrected chi connectivity index (χ4v) is 5.22. The van der Waals surface area contributed by atoms with Crippen LogP contribution in [0.3, 0.4) is 0 Å². The molecule has 0 unspecified atom stereocenters. The van der Waals surface area contributed by atoms with E-state index in [0.717, 1.165) is 34.1 Å². The number of nitrogens with one attached hydrogen (secondary N) is 3. The van der Waals surface area contributed by atoms with Crippen molar-refractivity contribution in [2.24, 2.45) is 0 Å². The Labute approximate surface area is 211 Å². The molecule has 3 heterocycles. The lowest BCUT2D eigenvalue weighted by Gasteiger charge is -2.13. The molecule has 1 saturated heterocycles. The van der Waals surface area contributed by atoms with Gasteiger partial charge in [-0.15, -0.1) is 23.1 Å². The van der Waals surface area contributed by atoms with E-state index in [1.807, 2.05) is 4.90 Å². The molecule has 10 nitrogen and oxygen atoms in total. The molecule has 0 saturated carbocycles. The minimum atomic E-state index is -4.65. The molecule has 192 valence electrons. The van der Waals surface area contributed by atoms with E-state index in [1.165, 1.54) is 6.20 Å². The first-order valence-corrected chi connectivity index (χ1v) is 12.6. The van der Waals surface area contributed by atoms with E-state index in [9.17, 15) is 32.8 Å². The van der Waals surface area contributed by atoms with Crippen molar-refractivity contribution in [3.05, 3.63) is 37.7 Å². The van der Waals surface area contributed by atoms with Gasteiger partial charge in [-0.25, -0.2) is 4.98 Å². The lowest BCUT2D eigenvalue weighted by molar-refractivity contribution is -0.135. The van der Waals surface area contributed by atoms with Crippen molar-refractivity contribution in [3.8, 4) is 6.07 Å². The first-order valence-electron chi connectivity index (χ1n) is 10.6. The van der Waals surface area contributed by atoms with Crippen LogP contribution in [-0.2, 0) is 16.1 Å². The second-order valence-corrected chi connectivity index (χ2v) is 9.55. The number of nitrogens with zero attached hydrogens (tertiary/aromatic N) is 4. The number of carbonyl (C=O) groups excluding carboxylic acids is 2. The standard InChI is InChI=1S/C21H22F3N7O3S2/c1-2-31-19(34)14(36-20(31)13(8-25)18(33)27-11-21(22,23)24)9-26-15-4-3-5-16(28-15)29-17(32)10-30-6-7-35-12-30/h3-5,9H,2,6-7,10-12H2,1H3,(H,27,33)(H2,26,28,29,32). The molecule has 0 aliphatic carbocycles. The maximum atomic E-state index is 12.8. The lowest BCUT2D eigenvalue weighted by Crippen LogP contribution is -2.37. The van der Waals surface area contributed by atoms with Crippen molar-refractivity contribution in [1.82, 2.24) is 19.8 Å². The van der Waals surface area contributed by atoms with E-state index in [4.69, 9.17) is 0 Å². The summed E-state index contributed by atoms with van der Waals surface area (Å²) in [4.78, 5) is 43.5. The van der Waals surface area contributed by atoms with Crippen LogP contribution in [0.15, 0.2) is 23.0 Å². The fraction of sp³-hybridized carbons (Fsp3) is 0.381. The number of thiazole rings is 1. The Hall–Kier alpha value is -3.35. The number of hydrogen-bond acceptors (Lipinski definition) is 9. The molecule has 3 rings (SSSR count). The zero-order chi connectivity index (χ0) is 26.3. The molecule has 0 atom stereocenters. The summed E-state index contributed by atoms with van der Waals surface area (Å²) < 4.78 is 38.5. The van der Waals surface area contributed by atoms with Crippen LogP contribution in [0.4, 0.5) is 24.8 Å². The Morgan fingerprint density at radius 2 is 2.06 bits per heavy atom. The molecule has 0 radical (unpaired) electrons. The average Bonchev–Trinajstić information content (AvgIpc) is 3.44. The highest BCUT2D eigenvalue weighted by Crippen LogP contribution is 2.14. The van der Waals surface area contributed by atoms with Gasteiger partial charge in [0, 0.05) is 30.9 Å². The predicted octanol–water partition coefficient (Wildman–Crippen LogP) is 0.472. The Morgan fingerprint density at radius 1 is 1.31 bits per heavy atom. The Kier molecular flexibility index (Phi) is 9.13. The second kappa shape index (κ2) is 12.1. The van der Waals surface area contributed by atoms with Gasteiger partial charge in [0.25, 0.3) is 11.5 Å². The molecule has 2 aromatic rings. The van der Waals surface area contributed by atoms with Crippen molar-refractivity contribution in [2.45, 2.75) is 19.6 Å². The van der Waals surface area contributed by atoms with Crippen molar-refractivity contribution in [2.75, 3.05) is 41.9 Å². The van der Waals surface area contributed by atoms with Crippen molar-refractivity contribution >= 4 is 58.3 Å². The summed E-state index contributed by atoms with van der Waals surface area (Å²) in [7, 11) is 0. The third kappa shape index (κ3) is 7.33. The smallest absolute Gasteiger partial charge is 0.345 e. The molecule has 1 aliphatic rings. The van der Waals surface area contributed by atoms with Crippen molar-refractivity contribution < 1.29 is 22.8 Å². The predicted molar refractivity (Wildman–Crippen MR) is 131 cm³/mol. The Morgan fingerprint density at radius 3 is 2.69 bits per heavy atom. The molecule has 0 aromatic carbocycles. The fourth-order valence-electron chi connectivity index (χ4n) is 3.14. The third-order valence-electron chi connectivity index (χ3n) is 4.79. The maximum absolute atomic E-state index is 12.8. The molecule has 1 fully saturated rings. The van der Waals surface area contributed by atoms with Gasteiger partial charge in [0.05, 0.1) is 6.54 Å². The van der Waals surface area contributed by atoms with Crippen LogP contribution in [0.5, 0.6) is 0 Å². The number of rotatable bonds is 8. The summed E-state index contributed by atoms with van der Waals surface area (Å²) in [6, 6.07) is 6.46. The van der Waals surface area contributed by atoms with Crippen molar-refractivity contribution in [3.63, 3.8) is 0 Å². The van der Waals surface area contributed by atoms with E-state index in [0.29, 0.717) is 11.6 Å². The average molecular weight is 542 g/mol. The molecule has 2 amide bonds. The van der Waals surface area contributed by atoms with E-state index in [-0.39, 0.29) is 28.2 Å². The minimum absolute atomic E-state index is 0.0632. The Bertz CT molecular complexity index is 1340. The van der Waals surface area contributed by atoms with E-state index < -0.39 is 29.8 Å². The number of carbonyl (C=O) groups is 2. The summed E-state index contributed by atoms with van der Waals surface area (Å²) in [5.74, 6) is 0.971. The minimum Gasteiger partial charge on any atom is -0.345 e. The number of pyridine rings is 1. The largest absolute Gasteiger partial charge is 0.405 e. The van der Waals surface area contributed by atoms with Crippen LogP contribution in [-0.4, -0.2) is 63.7 Å². The highest BCUT2D eigenvalue weighted by molar-refractivity contribution is 7.99. The normalized spacial score (nSPS) is 15.4. The van der Waals surface area contributed by atoms with Gasteiger partial charge in [0.1, 0.15) is 33.4 Å². The number of nitriles is 1. The van der Waals surface area contributed by atoms with E-state index >= 15 is 0 Å². The van der Waals surface area contributed by atoms with Crippen LogP contribution < -0.4 is 30.7 Å². The zero-order valence-electron chi connectivity index (χ0n) is 19.0. The summed E-state index contributed by atoms with van der Waals surface area (Å²) in [6.45, 7) is 1.18. The highest BCUT2D eigenvalue weighted by Gasteiger charge is 2.29. The summed E-state index contributed by atoms with van der Waals surface area (Å²) in [6.07, 6.45) is -3.33. The van der Waals surface area contributed by atoms with Crippen LogP contribution in [0.1, 0.15) is 6.92 Å². The number of thioether (sulfide) groups is 1. The third-order valence-corrected chi connectivity index (χ3v) is 6.94. The molecular weight excluding hydrogens is 519 g/mol. The number of alkyl halides is 3. The number of hydrogen-bond donors (Lipinski definition) is 3. The van der Waals surface area contributed by atoms with Gasteiger partial charge < -0.3 is 16.0 Å². The molecule has 36 heavy (non-hydrogen) atoms. The molecule has 0 spiro atoms. The molecule has 0 bridgehead atoms. The molecule has 1 aliphatic heterocycles. The first-order chi connectivity index (χ1) is 17.1. The van der Waals surface area contributed by atoms with Crippen molar-refractivity contribution in [1.29, 1.82) is 5.26 Å². The molecule has 15 heteroatoms. The first kappa shape index (κ1) is 27.2. The van der Waals surface area contributed by atoms with Gasteiger partial charge in [-0.1, -0.05) is 6.07 Å². The van der Waals surface area contributed by atoms with Gasteiger partial charge in [0.15, 0.2) is 5.57 Å². The SMILES string of the molecule is CCn1c(=C(C#N)C(=O)NCC(F)(F)F)sc(=CNc2cccc(NC(=O)CN3CCSC3)n2)c1=O. The zero-order valence-corrected chi connectivity index (χ0v) is 20.6. The van der Waals surface area contributed by atoms with Crippen LogP contribution in [0, 0.1) is 11.3 Å². The highest BCUT2D eigenvalue weighted by atomic mass is 32.2. The van der Waals surface area contributed by atoms with Crippen LogP contribution in [0.25, 0.3) is 11.8 Å². The summed E-state index contributed by atoms with van der Waals surface area (Å²) in [5.41, 5.74) is -1.13. The molecule has 3 N–H and O–H groups in total. The number of anilines is 2. The quantitative estimate of drug-likeness (QED) is 0.440. The molecule has 2 aromatic heterocycles. The summed E-state index contributed by atoms with van der Waals surface area (Å²) >= 11 is 2.54. The van der Waals surface area contributed by atoms with Gasteiger partial charge in [-0.05, 0) is 19.1 Å². The van der Waals surface area contributed by atoms with Gasteiger partial charge in [0.2, 0.25) is 5.91 Å². The van der Waals surface area contributed by atoms with Gasteiger partial charge in [-0.2, -0.15) is 18.4 Å². The molecular formula is C21H22F3N7O3S2. The maximum Gasteiger partial charge on any atom is 0.405 e. The Balaban J connectivity index is 1.82. The van der Waals surface area contributed by atoms with E-state index in [1.54, 1.807) is 48.3 Å². The van der Waals surface area contributed by atoms with Gasteiger partial charge >= 0.3 is 6.18 Å². The van der Waals surface area contributed by atoms with Crippen LogP contribution >= 0.6 is 23.1 Å². The van der Waals surface area contributed by atoms with Crippen LogP contribution in [0.2, 0.25) is 0 Å². The number of halogens is 3. The monoisotopic (exact) mass is 541 g/mol. The lowest BCUT2D eigenvalue weighted by atomic mass is 10.3. The topological polar surface area (TPSA) is 132 Å². The van der Waals surface area contributed by atoms with E-state index in [2.05, 4.69) is 15.6 Å². The van der Waals surface area contributed by atoms with Gasteiger partial charge in [-0.3, -0.25) is 23.9 Å². The second-order valence-electron chi connectivity index (χ2n) is 7.44. The summed E-state index contributed by atoms with van der Waals surface area (Å²) in [5, 5.41) is 16.6.